The largest absolute Gasteiger partial charge is 0.337 e. The molecule has 0 amide bonds. The van der Waals surface area contributed by atoms with Crippen molar-refractivity contribution in [1.82, 2.24) is 9.97 Å². The van der Waals surface area contributed by atoms with E-state index < -0.39 is 10.0 Å². The van der Waals surface area contributed by atoms with E-state index in [-0.39, 0.29) is 10.7 Å². The van der Waals surface area contributed by atoms with Crippen LogP contribution in [0.3, 0.4) is 0 Å². The lowest BCUT2D eigenvalue weighted by atomic mass is 9.99. The van der Waals surface area contributed by atoms with Gasteiger partial charge in [-0.3, -0.25) is 4.72 Å². The molecule has 1 aromatic heterocycles. The Bertz CT molecular complexity index is 1340. The minimum Gasteiger partial charge on any atom is -0.337 e. The number of benzene rings is 3. The Morgan fingerprint density at radius 3 is 2.03 bits per heavy atom. The third kappa shape index (κ3) is 4.73. The topological polar surface area (TPSA) is 84.0 Å². The van der Waals surface area contributed by atoms with Crippen molar-refractivity contribution in [2.45, 2.75) is 38.0 Å². The minimum atomic E-state index is -3.83. The molecule has 0 saturated carbocycles. The number of aromatic nitrogens is 2. The van der Waals surface area contributed by atoms with E-state index in [1.165, 1.54) is 5.56 Å². The van der Waals surface area contributed by atoms with Crippen molar-refractivity contribution >= 4 is 38.4 Å². The molecule has 0 unspecified atom stereocenters. The van der Waals surface area contributed by atoms with Gasteiger partial charge in [0.25, 0.3) is 10.0 Å². The molecule has 0 bridgehead atoms. The molecule has 4 rings (SSSR count). The Balaban J connectivity index is 1.71. The Morgan fingerprint density at radius 1 is 0.844 bits per heavy atom. The molecule has 6 nitrogen and oxygen atoms in total. The van der Waals surface area contributed by atoms with Gasteiger partial charge in [-0.1, -0.05) is 55.8 Å². The van der Waals surface area contributed by atoms with Crippen molar-refractivity contribution in [3.8, 4) is 0 Å². The Labute approximate surface area is 188 Å². The summed E-state index contributed by atoms with van der Waals surface area (Å²) in [6, 6.07) is 22.1. The number of rotatable bonds is 7. The molecule has 7 heteroatoms. The molecule has 2 N–H and O–H groups in total. The van der Waals surface area contributed by atoms with Crippen molar-refractivity contribution in [1.29, 1.82) is 0 Å². The Morgan fingerprint density at radius 2 is 1.44 bits per heavy atom. The summed E-state index contributed by atoms with van der Waals surface area (Å²) < 4.78 is 28.6. The molecule has 0 aliphatic carbocycles. The first-order chi connectivity index (χ1) is 15.4. The van der Waals surface area contributed by atoms with Crippen LogP contribution in [0, 0.1) is 6.92 Å². The van der Waals surface area contributed by atoms with Gasteiger partial charge in [-0.25, -0.2) is 18.4 Å². The lowest BCUT2D eigenvalue weighted by molar-refractivity contribution is 0.601. The predicted octanol–water partition coefficient (Wildman–Crippen LogP) is 6.00. The number of para-hydroxylation sites is 2. The van der Waals surface area contributed by atoms with Crippen LogP contribution in [0.4, 0.5) is 17.3 Å². The average Bonchev–Trinajstić information content (AvgIpc) is 2.79. The van der Waals surface area contributed by atoms with Gasteiger partial charge in [0.2, 0.25) is 0 Å². The zero-order chi connectivity index (χ0) is 22.7. The molecule has 0 fully saturated rings. The van der Waals surface area contributed by atoms with Crippen molar-refractivity contribution in [3.63, 3.8) is 0 Å². The second kappa shape index (κ2) is 8.96. The van der Waals surface area contributed by atoms with Crippen molar-refractivity contribution < 1.29 is 8.42 Å². The highest BCUT2D eigenvalue weighted by molar-refractivity contribution is 7.92. The highest BCUT2D eigenvalue weighted by atomic mass is 32.2. The number of nitrogens with zero attached hydrogens (tertiary/aromatic N) is 2. The minimum absolute atomic E-state index is 0.148. The standard InChI is InChI=1S/C25H26N4O2S/c1-4-18(3)19-11-13-20(14-12-19)26-24-25(28-23-8-6-5-7-22(23)27-24)29-32(30,31)21-15-9-17(2)10-16-21/h5-16,18H,4H2,1-3H3,(H,26,27)(H,28,29)/t18-/m0/s1. The SMILES string of the molecule is CC[C@H](C)c1ccc(Nc2nc3ccccc3nc2NS(=O)(=O)c2ccc(C)cc2)cc1. The van der Waals surface area contributed by atoms with E-state index in [2.05, 4.69) is 46.0 Å². The van der Waals surface area contributed by atoms with Crippen LogP contribution in [0.5, 0.6) is 0 Å². The van der Waals surface area contributed by atoms with Crippen molar-refractivity contribution in [2.24, 2.45) is 0 Å². The molecule has 4 aromatic rings. The van der Waals surface area contributed by atoms with Gasteiger partial charge >= 0.3 is 0 Å². The number of anilines is 3. The molecule has 0 spiro atoms. The van der Waals surface area contributed by atoms with Gasteiger partial charge in [0.15, 0.2) is 11.6 Å². The first-order valence-corrected chi connectivity index (χ1v) is 12.1. The maximum absolute atomic E-state index is 13.0. The van der Waals surface area contributed by atoms with E-state index in [9.17, 15) is 8.42 Å². The number of fused-ring (bicyclic) bond motifs is 1. The molecule has 1 atom stereocenters. The van der Waals surface area contributed by atoms with Gasteiger partial charge in [-0.15, -0.1) is 0 Å². The molecule has 3 aromatic carbocycles. The third-order valence-electron chi connectivity index (χ3n) is 5.49. The van der Waals surface area contributed by atoms with Crippen LogP contribution in [-0.4, -0.2) is 18.4 Å². The van der Waals surface area contributed by atoms with Crippen LogP contribution >= 0.6 is 0 Å². The summed E-state index contributed by atoms with van der Waals surface area (Å²) >= 11 is 0. The zero-order valence-corrected chi connectivity index (χ0v) is 19.1. The first kappa shape index (κ1) is 21.8. The second-order valence-corrected chi connectivity index (χ2v) is 9.57. The number of nitrogens with one attached hydrogen (secondary N) is 2. The Hall–Kier alpha value is -3.45. The van der Waals surface area contributed by atoms with E-state index in [4.69, 9.17) is 0 Å². The van der Waals surface area contributed by atoms with Crippen LogP contribution in [0.2, 0.25) is 0 Å². The average molecular weight is 447 g/mol. The van der Waals surface area contributed by atoms with Crippen LogP contribution in [-0.2, 0) is 10.0 Å². The molecule has 0 aliphatic heterocycles. The lowest BCUT2D eigenvalue weighted by Gasteiger charge is -2.15. The summed E-state index contributed by atoms with van der Waals surface area (Å²) in [6.07, 6.45) is 1.06. The van der Waals surface area contributed by atoms with E-state index in [0.29, 0.717) is 22.8 Å². The second-order valence-electron chi connectivity index (χ2n) is 7.88. The molecular weight excluding hydrogens is 420 g/mol. The maximum atomic E-state index is 13.0. The number of hydrogen-bond donors (Lipinski definition) is 2. The summed E-state index contributed by atoms with van der Waals surface area (Å²) in [6.45, 7) is 6.26. The van der Waals surface area contributed by atoms with Gasteiger partial charge in [0.05, 0.1) is 15.9 Å². The Kier molecular flexibility index (Phi) is 6.10. The van der Waals surface area contributed by atoms with E-state index in [1.54, 1.807) is 30.3 Å². The molecule has 164 valence electrons. The fraction of sp³-hybridized carbons (Fsp3) is 0.200. The smallest absolute Gasteiger partial charge is 0.263 e. The monoisotopic (exact) mass is 446 g/mol. The van der Waals surface area contributed by atoms with Crippen LogP contribution < -0.4 is 10.0 Å². The van der Waals surface area contributed by atoms with E-state index in [0.717, 1.165) is 17.7 Å². The maximum Gasteiger partial charge on any atom is 0.263 e. The number of sulfonamides is 1. The molecule has 0 saturated heterocycles. The molecule has 1 heterocycles. The highest BCUT2D eigenvalue weighted by Gasteiger charge is 2.19. The first-order valence-electron chi connectivity index (χ1n) is 10.6. The fourth-order valence-electron chi connectivity index (χ4n) is 3.33. The van der Waals surface area contributed by atoms with Gasteiger partial charge in [-0.05, 0) is 61.2 Å². The van der Waals surface area contributed by atoms with Gasteiger partial charge < -0.3 is 5.32 Å². The van der Waals surface area contributed by atoms with Crippen molar-refractivity contribution in [2.75, 3.05) is 10.0 Å². The van der Waals surface area contributed by atoms with Crippen molar-refractivity contribution in [3.05, 3.63) is 83.9 Å². The molecule has 0 radical (unpaired) electrons. The summed E-state index contributed by atoms with van der Waals surface area (Å²) in [5.74, 6) is 0.965. The molecular formula is C25H26N4O2S. The number of aryl methyl sites for hydroxylation is 1. The van der Waals surface area contributed by atoms with Crippen LogP contribution in [0.1, 0.15) is 37.3 Å². The van der Waals surface area contributed by atoms with Gasteiger partial charge in [0.1, 0.15) is 0 Å². The summed E-state index contributed by atoms with van der Waals surface area (Å²) in [4.78, 5) is 9.35. The zero-order valence-electron chi connectivity index (χ0n) is 18.3. The number of hydrogen-bond acceptors (Lipinski definition) is 5. The third-order valence-corrected chi connectivity index (χ3v) is 6.84. The summed E-state index contributed by atoms with van der Waals surface area (Å²) in [5, 5.41) is 3.23. The van der Waals surface area contributed by atoms with Gasteiger partial charge in [0, 0.05) is 5.69 Å². The normalized spacial score (nSPS) is 12.5. The molecule has 0 aliphatic rings. The van der Waals surface area contributed by atoms with Crippen LogP contribution in [0.15, 0.2) is 77.7 Å². The quantitative estimate of drug-likeness (QED) is 0.364. The van der Waals surface area contributed by atoms with Gasteiger partial charge in [-0.2, -0.15) is 0 Å². The summed E-state index contributed by atoms with van der Waals surface area (Å²) in [5.41, 5.74) is 4.31. The lowest BCUT2D eigenvalue weighted by Crippen LogP contribution is -2.16. The highest BCUT2D eigenvalue weighted by Crippen LogP contribution is 2.28. The van der Waals surface area contributed by atoms with E-state index >= 15 is 0 Å². The van der Waals surface area contributed by atoms with Crippen LogP contribution in [0.25, 0.3) is 11.0 Å². The fourth-order valence-corrected chi connectivity index (χ4v) is 4.34. The summed E-state index contributed by atoms with van der Waals surface area (Å²) in [7, 11) is -3.83. The van der Waals surface area contributed by atoms with E-state index in [1.807, 2.05) is 37.3 Å². The molecule has 32 heavy (non-hydrogen) atoms. The predicted molar refractivity (Wildman–Crippen MR) is 130 cm³/mol.